The largest absolute Gasteiger partial charge is 0.244 e. The third kappa shape index (κ3) is 2.61. The standard InChI is InChI=1S/C14H16BrNS/c1-8(2)12-7-16-14(17-12)11-5-9(3)13(15)10(4)6-11/h5-8H,1-4H3. The third-order valence-electron chi connectivity index (χ3n) is 2.78. The molecule has 1 aromatic heterocycles. The Hall–Kier alpha value is -0.670. The van der Waals surface area contributed by atoms with Crippen LogP contribution < -0.4 is 0 Å². The average molecular weight is 310 g/mol. The van der Waals surface area contributed by atoms with E-state index in [1.54, 1.807) is 11.3 Å². The highest BCUT2D eigenvalue weighted by atomic mass is 79.9. The van der Waals surface area contributed by atoms with Gasteiger partial charge in [-0.15, -0.1) is 11.3 Å². The summed E-state index contributed by atoms with van der Waals surface area (Å²) in [5, 5.41) is 1.12. The van der Waals surface area contributed by atoms with E-state index in [1.807, 2.05) is 6.20 Å². The van der Waals surface area contributed by atoms with Gasteiger partial charge in [-0.2, -0.15) is 0 Å². The van der Waals surface area contributed by atoms with Gasteiger partial charge in [-0.3, -0.25) is 0 Å². The molecule has 1 nitrogen and oxygen atoms in total. The number of hydrogen-bond acceptors (Lipinski definition) is 2. The van der Waals surface area contributed by atoms with Crippen molar-refractivity contribution < 1.29 is 0 Å². The first-order valence-electron chi connectivity index (χ1n) is 5.72. The molecule has 0 atom stereocenters. The normalized spacial score (nSPS) is 11.2. The second-order valence-corrected chi connectivity index (χ2v) is 6.50. The first kappa shape index (κ1) is 12.8. The molecule has 0 aliphatic carbocycles. The molecule has 90 valence electrons. The fourth-order valence-corrected chi connectivity index (χ4v) is 2.89. The van der Waals surface area contributed by atoms with Gasteiger partial charge in [0, 0.05) is 21.1 Å². The van der Waals surface area contributed by atoms with Crippen LogP contribution >= 0.6 is 27.3 Å². The predicted molar refractivity (Wildman–Crippen MR) is 78.8 cm³/mol. The van der Waals surface area contributed by atoms with Crippen LogP contribution in [-0.2, 0) is 0 Å². The molecule has 0 amide bonds. The van der Waals surface area contributed by atoms with Gasteiger partial charge in [0.15, 0.2) is 0 Å². The van der Waals surface area contributed by atoms with Crippen LogP contribution in [0.1, 0.15) is 35.8 Å². The van der Waals surface area contributed by atoms with Crippen molar-refractivity contribution in [3.05, 3.63) is 38.8 Å². The smallest absolute Gasteiger partial charge is 0.123 e. The minimum Gasteiger partial charge on any atom is -0.244 e. The molecule has 0 unspecified atom stereocenters. The third-order valence-corrected chi connectivity index (χ3v) is 5.37. The lowest BCUT2D eigenvalue weighted by atomic mass is 10.1. The molecule has 1 heterocycles. The Morgan fingerprint density at radius 1 is 1.18 bits per heavy atom. The molecule has 0 aliphatic heterocycles. The quantitative estimate of drug-likeness (QED) is 0.732. The van der Waals surface area contributed by atoms with Gasteiger partial charge in [0.05, 0.1) is 0 Å². The molecule has 2 rings (SSSR count). The van der Waals surface area contributed by atoms with Crippen LogP contribution in [0.3, 0.4) is 0 Å². The van der Waals surface area contributed by atoms with E-state index < -0.39 is 0 Å². The van der Waals surface area contributed by atoms with E-state index in [1.165, 1.54) is 26.0 Å². The van der Waals surface area contributed by atoms with Gasteiger partial charge in [0.2, 0.25) is 0 Å². The van der Waals surface area contributed by atoms with Crippen molar-refractivity contribution in [2.24, 2.45) is 0 Å². The fraction of sp³-hybridized carbons (Fsp3) is 0.357. The van der Waals surface area contributed by atoms with Crippen molar-refractivity contribution in [1.82, 2.24) is 4.98 Å². The molecular formula is C14H16BrNS. The fourth-order valence-electron chi connectivity index (χ4n) is 1.76. The lowest BCUT2D eigenvalue weighted by molar-refractivity contribution is 0.885. The van der Waals surface area contributed by atoms with Crippen LogP contribution in [0.15, 0.2) is 22.8 Å². The highest BCUT2D eigenvalue weighted by molar-refractivity contribution is 9.10. The Kier molecular flexibility index (Phi) is 3.69. The molecule has 17 heavy (non-hydrogen) atoms. The highest BCUT2D eigenvalue weighted by Crippen LogP contribution is 2.32. The number of aromatic nitrogens is 1. The molecule has 0 N–H and O–H groups in total. The van der Waals surface area contributed by atoms with E-state index in [0.29, 0.717) is 5.92 Å². The highest BCUT2D eigenvalue weighted by Gasteiger charge is 2.09. The Balaban J connectivity index is 2.46. The van der Waals surface area contributed by atoms with E-state index in [4.69, 9.17) is 0 Å². The summed E-state index contributed by atoms with van der Waals surface area (Å²) in [4.78, 5) is 5.87. The van der Waals surface area contributed by atoms with Gasteiger partial charge < -0.3 is 0 Å². The lowest BCUT2D eigenvalue weighted by Gasteiger charge is -2.05. The van der Waals surface area contributed by atoms with Crippen LogP contribution in [0.2, 0.25) is 0 Å². The van der Waals surface area contributed by atoms with Crippen LogP contribution in [0.5, 0.6) is 0 Å². The first-order chi connectivity index (χ1) is 7.99. The van der Waals surface area contributed by atoms with E-state index in [-0.39, 0.29) is 0 Å². The Labute approximate surface area is 115 Å². The van der Waals surface area contributed by atoms with E-state index in [9.17, 15) is 0 Å². The molecule has 0 saturated carbocycles. The van der Waals surface area contributed by atoms with Crippen LogP contribution in [0.4, 0.5) is 0 Å². The minimum atomic E-state index is 0.555. The van der Waals surface area contributed by atoms with E-state index in [0.717, 1.165) is 5.01 Å². The van der Waals surface area contributed by atoms with Crippen molar-refractivity contribution in [2.45, 2.75) is 33.6 Å². The molecule has 0 spiro atoms. The topological polar surface area (TPSA) is 12.9 Å². The summed E-state index contributed by atoms with van der Waals surface area (Å²) in [5.41, 5.74) is 3.75. The van der Waals surface area contributed by atoms with Crippen LogP contribution in [0.25, 0.3) is 10.6 Å². The Bertz CT molecular complexity index is 520. The average Bonchev–Trinajstić information content (AvgIpc) is 2.74. The maximum atomic E-state index is 4.52. The van der Waals surface area contributed by atoms with Gasteiger partial charge in [-0.05, 0) is 43.0 Å². The maximum Gasteiger partial charge on any atom is 0.123 e. The Morgan fingerprint density at radius 2 is 1.76 bits per heavy atom. The second kappa shape index (κ2) is 4.91. The molecule has 0 saturated heterocycles. The molecule has 0 bridgehead atoms. The zero-order chi connectivity index (χ0) is 12.6. The van der Waals surface area contributed by atoms with Crippen molar-refractivity contribution >= 4 is 27.3 Å². The number of aryl methyl sites for hydroxylation is 2. The summed E-state index contributed by atoms with van der Waals surface area (Å²) < 4.78 is 1.20. The molecule has 3 heteroatoms. The molecule has 0 aliphatic rings. The number of thiazole rings is 1. The molecule has 1 aromatic carbocycles. The lowest BCUT2D eigenvalue weighted by Crippen LogP contribution is -1.84. The summed E-state index contributed by atoms with van der Waals surface area (Å²) in [6, 6.07) is 4.39. The number of nitrogens with zero attached hydrogens (tertiary/aromatic N) is 1. The maximum absolute atomic E-state index is 4.52. The van der Waals surface area contributed by atoms with Gasteiger partial charge in [-0.1, -0.05) is 29.8 Å². The van der Waals surface area contributed by atoms with Crippen LogP contribution in [-0.4, -0.2) is 4.98 Å². The molecule has 0 radical (unpaired) electrons. The molecular weight excluding hydrogens is 294 g/mol. The summed E-state index contributed by atoms with van der Waals surface area (Å²) >= 11 is 5.39. The SMILES string of the molecule is Cc1cc(-c2ncc(C(C)C)s2)cc(C)c1Br. The second-order valence-electron chi connectivity index (χ2n) is 4.65. The van der Waals surface area contributed by atoms with Gasteiger partial charge in [0.1, 0.15) is 5.01 Å². The van der Waals surface area contributed by atoms with Crippen molar-refractivity contribution in [3.63, 3.8) is 0 Å². The predicted octanol–water partition coefficient (Wildman–Crippen LogP) is 5.31. The molecule has 0 fully saturated rings. The zero-order valence-electron chi connectivity index (χ0n) is 10.5. The number of halogens is 1. The van der Waals surface area contributed by atoms with E-state index in [2.05, 4.69) is 60.7 Å². The summed E-state index contributed by atoms with van der Waals surface area (Å²) in [5.74, 6) is 0.555. The van der Waals surface area contributed by atoms with Crippen molar-refractivity contribution in [2.75, 3.05) is 0 Å². The number of benzene rings is 1. The molecule has 2 aromatic rings. The Morgan fingerprint density at radius 3 is 2.24 bits per heavy atom. The van der Waals surface area contributed by atoms with Crippen molar-refractivity contribution in [3.8, 4) is 10.6 Å². The minimum absolute atomic E-state index is 0.555. The summed E-state index contributed by atoms with van der Waals surface area (Å²) in [7, 11) is 0. The number of rotatable bonds is 2. The van der Waals surface area contributed by atoms with Crippen LogP contribution in [0, 0.1) is 13.8 Å². The number of hydrogen-bond donors (Lipinski definition) is 0. The summed E-state index contributed by atoms with van der Waals surface area (Å²) in [6.07, 6.45) is 2.00. The van der Waals surface area contributed by atoms with Gasteiger partial charge >= 0.3 is 0 Å². The van der Waals surface area contributed by atoms with E-state index >= 15 is 0 Å². The van der Waals surface area contributed by atoms with Gasteiger partial charge in [0.25, 0.3) is 0 Å². The first-order valence-corrected chi connectivity index (χ1v) is 7.33. The van der Waals surface area contributed by atoms with Crippen molar-refractivity contribution in [1.29, 1.82) is 0 Å². The zero-order valence-corrected chi connectivity index (χ0v) is 12.9. The summed E-state index contributed by atoms with van der Waals surface area (Å²) in [6.45, 7) is 8.65. The van der Waals surface area contributed by atoms with Gasteiger partial charge in [-0.25, -0.2) is 4.98 Å². The monoisotopic (exact) mass is 309 g/mol.